The van der Waals surface area contributed by atoms with E-state index in [1.165, 1.54) is 0 Å². The number of aliphatic hydroxyl groups is 21. The van der Waals surface area contributed by atoms with Gasteiger partial charge in [-0.1, -0.05) is 19.9 Å². The molecule has 0 amide bonds. The molecule has 0 aromatic rings. The summed E-state index contributed by atoms with van der Waals surface area (Å²) in [7, 11) is 1.10. The van der Waals surface area contributed by atoms with E-state index in [9.17, 15) is 112 Å². The van der Waals surface area contributed by atoms with Gasteiger partial charge in [-0.15, -0.1) is 0 Å². The summed E-state index contributed by atoms with van der Waals surface area (Å²) in [5.41, 5.74) is 2.81. The first-order chi connectivity index (χ1) is 47.9. The molecule has 101 heavy (non-hydrogen) atoms. The maximum absolute atomic E-state index is 14.5. The van der Waals surface area contributed by atoms with E-state index in [1.807, 2.05) is 6.92 Å². The quantitative estimate of drug-likeness (QED) is 0.0272. The molecule has 4 saturated carbocycles. The molecule has 1 spiro atoms. The molecule has 7 saturated heterocycles. The van der Waals surface area contributed by atoms with E-state index in [0.717, 1.165) is 7.11 Å². The lowest BCUT2D eigenvalue weighted by molar-refractivity contribution is -0.407. The van der Waals surface area contributed by atoms with Gasteiger partial charge in [0.25, 0.3) is 0 Å². The van der Waals surface area contributed by atoms with Crippen molar-refractivity contribution in [2.24, 2.45) is 33.8 Å². The first-order valence-electron chi connectivity index (χ1n) is 34.4. The molecule has 0 aromatic heterocycles. The molecular formula is C63H103NO37. The summed E-state index contributed by atoms with van der Waals surface area (Å²) < 4.78 is 90.1. The van der Waals surface area contributed by atoms with Crippen molar-refractivity contribution in [3.63, 3.8) is 0 Å². The van der Waals surface area contributed by atoms with Gasteiger partial charge < -0.3 is 184 Å². The minimum atomic E-state index is -2.18. The van der Waals surface area contributed by atoms with Crippen molar-refractivity contribution in [3.05, 3.63) is 12.2 Å². The molecule has 41 unspecified atom stereocenters. The van der Waals surface area contributed by atoms with Crippen LogP contribution in [0.4, 0.5) is 0 Å². The van der Waals surface area contributed by atoms with Crippen LogP contribution in [0.5, 0.6) is 0 Å². The Labute approximate surface area is 578 Å². The lowest BCUT2D eigenvalue weighted by atomic mass is 9.41. The predicted octanol–water partition coefficient (Wildman–Crippen LogP) is -11.0. The standard InChI is InChI=1S/C63H103NO37/c1-21-12-62-10-6-29-60(2,8-5-9-61(29,3)59(86)100-56-42(82)37(77)33(73)24(15-66)90-56)30(62)7-11-63(21,20-62)101-58-51(99-53-41(81)36(76)32(72)23(14-65)89-53)50(34(74)25(16-67)91-58)98-57-45(85)49(87-4)48(28(19-70)94-57)97-55-44(84)39(79)47(27(18-69)93-55)96-54-43(83)38(78)46(26(17-68)92-54)95-52-40(80)35(75)31(71)22(13-64)88-52/h22-58,65-85H,1,5-20,64H2,2-4H3. The molecular weight excluding hydrogens is 1360 g/mol. The van der Waals surface area contributed by atoms with Crippen molar-refractivity contribution < 1.29 is 183 Å². The molecule has 2 bridgehead atoms. The fourth-order valence-corrected chi connectivity index (χ4v) is 18.3. The predicted molar refractivity (Wildman–Crippen MR) is 324 cm³/mol. The van der Waals surface area contributed by atoms with E-state index in [2.05, 4.69) is 13.5 Å². The average molecular weight is 1470 g/mol. The number of carbonyl (C=O) groups is 1. The van der Waals surface area contributed by atoms with Crippen LogP contribution in [0.2, 0.25) is 0 Å². The van der Waals surface area contributed by atoms with E-state index in [4.69, 9.17) is 76.8 Å². The first kappa shape index (κ1) is 79.8. The van der Waals surface area contributed by atoms with Crippen LogP contribution in [0.1, 0.15) is 71.6 Å². The van der Waals surface area contributed by atoms with Crippen molar-refractivity contribution in [2.75, 3.05) is 53.3 Å². The summed E-state index contributed by atoms with van der Waals surface area (Å²) in [5, 5.41) is 230. The van der Waals surface area contributed by atoms with Gasteiger partial charge in [0.05, 0.1) is 50.7 Å². The fraction of sp³-hybridized carbons (Fsp3) is 0.952. The molecule has 11 aliphatic rings. The van der Waals surface area contributed by atoms with Crippen molar-refractivity contribution in [3.8, 4) is 0 Å². The van der Waals surface area contributed by atoms with Gasteiger partial charge in [-0.2, -0.15) is 0 Å². The van der Waals surface area contributed by atoms with Crippen LogP contribution in [-0.2, 0) is 75.8 Å². The number of nitrogens with two attached hydrogens (primary N) is 1. The van der Waals surface area contributed by atoms with Gasteiger partial charge in [0.1, 0.15) is 171 Å². The Kier molecular flexibility index (Phi) is 25.1. The van der Waals surface area contributed by atoms with Crippen LogP contribution in [0.15, 0.2) is 12.2 Å². The van der Waals surface area contributed by atoms with Crippen molar-refractivity contribution in [1.29, 1.82) is 0 Å². The third-order valence-electron chi connectivity index (χ3n) is 23.7. The molecule has 7 heterocycles. The van der Waals surface area contributed by atoms with Crippen LogP contribution in [0.25, 0.3) is 0 Å². The Balaban J connectivity index is 0.800. The number of methoxy groups -OCH3 is 1. The number of esters is 1. The van der Waals surface area contributed by atoms with E-state index >= 15 is 0 Å². The Morgan fingerprint density at radius 2 is 0.822 bits per heavy atom. The molecule has 4 aliphatic carbocycles. The maximum Gasteiger partial charge on any atom is 0.314 e. The minimum absolute atomic E-state index is 0.0692. The largest absolute Gasteiger partial charge is 0.432 e. The third-order valence-corrected chi connectivity index (χ3v) is 23.7. The Hall–Kier alpha value is -2.23. The summed E-state index contributed by atoms with van der Waals surface area (Å²) in [6.45, 7) is 2.64. The second-order valence-electron chi connectivity index (χ2n) is 29.5. The summed E-state index contributed by atoms with van der Waals surface area (Å²) in [5.74, 6) is -1.03. The number of hydrogen-bond acceptors (Lipinski definition) is 38. The zero-order valence-electron chi connectivity index (χ0n) is 55.9. The highest BCUT2D eigenvalue weighted by molar-refractivity contribution is 5.77. The topological polar surface area (TPSA) is 606 Å². The molecule has 0 radical (unpaired) electrons. The smallest absolute Gasteiger partial charge is 0.314 e. The van der Waals surface area contributed by atoms with Crippen molar-refractivity contribution >= 4 is 5.97 Å². The van der Waals surface area contributed by atoms with E-state index in [-0.39, 0.29) is 24.8 Å². The molecule has 11 fully saturated rings. The van der Waals surface area contributed by atoms with E-state index < -0.39 is 282 Å². The Morgan fingerprint density at radius 3 is 1.33 bits per heavy atom. The van der Waals surface area contributed by atoms with Gasteiger partial charge >= 0.3 is 5.97 Å². The van der Waals surface area contributed by atoms with Gasteiger partial charge in [0.2, 0.25) is 6.29 Å². The maximum atomic E-state index is 14.5. The van der Waals surface area contributed by atoms with Crippen molar-refractivity contribution in [2.45, 2.75) is 292 Å². The number of aliphatic hydroxyl groups excluding tert-OH is 21. The number of carbonyl (C=O) groups excluding carboxylic acids is 1. The number of rotatable bonds is 22. The number of ether oxygens (including phenoxy) is 15. The summed E-state index contributed by atoms with van der Waals surface area (Å²) in [4.78, 5) is 14.5. The zero-order chi connectivity index (χ0) is 73.4. The normalized spacial score (nSPS) is 54.0. The van der Waals surface area contributed by atoms with Crippen LogP contribution in [0, 0.1) is 28.1 Å². The molecule has 7 aliphatic heterocycles. The molecule has 38 heteroatoms. The highest BCUT2D eigenvalue weighted by Gasteiger charge is 2.70. The lowest BCUT2D eigenvalue weighted by Crippen LogP contribution is -2.69. The second kappa shape index (κ2) is 31.8. The average Bonchev–Trinajstić information content (AvgIpc) is 1.59. The second-order valence-corrected chi connectivity index (χ2v) is 29.5. The number of fused-ring (bicyclic) bond motifs is 3. The highest BCUT2D eigenvalue weighted by Crippen LogP contribution is 2.74. The molecule has 582 valence electrons. The highest BCUT2D eigenvalue weighted by atomic mass is 16.8. The van der Waals surface area contributed by atoms with E-state index in [0.29, 0.717) is 56.9 Å². The summed E-state index contributed by atoms with van der Waals surface area (Å²) >= 11 is 0. The SMILES string of the molecule is C=C1CC23CCC4C(C)(C(=O)OC5OC(CO)C(O)C(O)C5O)CCCC4(C)C2CCC1(OC1OC(CO)C(O)C(OC2OC(CO)C(OC4OC(CO)C(OC5OC(CO)C(OC6OC(CN)C(O)C(O)C6O)C(O)C5O)C(O)C4O)C(OC)C2O)C1OC1OC(CO)C(O)C(O)C1O)C3. The Bertz CT molecular complexity index is 2750. The van der Waals surface area contributed by atoms with Gasteiger partial charge in [0.15, 0.2) is 37.7 Å². The summed E-state index contributed by atoms with van der Waals surface area (Å²) in [6.07, 6.45) is -59.5. The number of hydrogen-bond donors (Lipinski definition) is 22. The third kappa shape index (κ3) is 14.4. The molecule has 0 aromatic carbocycles. The molecule has 41 atom stereocenters. The molecule has 23 N–H and O–H groups in total. The van der Waals surface area contributed by atoms with Gasteiger partial charge in [0, 0.05) is 13.7 Å². The fourth-order valence-electron chi connectivity index (χ4n) is 18.3. The van der Waals surface area contributed by atoms with Gasteiger partial charge in [-0.3, -0.25) is 4.79 Å². The van der Waals surface area contributed by atoms with Crippen molar-refractivity contribution in [1.82, 2.24) is 0 Å². The van der Waals surface area contributed by atoms with Crippen LogP contribution >= 0.6 is 0 Å². The van der Waals surface area contributed by atoms with E-state index in [1.54, 1.807) is 0 Å². The molecule has 11 rings (SSSR count). The summed E-state index contributed by atoms with van der Waals surface area (Å²) in [6, 6.07) is 0. The zero-order valence-corrected chi connectivity index (χ0v) is 55.9. The van der Waals surface area contributed by atoms with Crippen LogP contribution in [-0.4, -0.2) is 387 Å². The van der Waals surface area contributed by atoms with Gasteiger partial charge in [-0.05, 0) is 86.5 Å². The minimum Gasteiger partial charge on any atom is -0.432 e. The van der Waals surface area contributed by atoms with Crippen LogP contribution in [0.3, 0.4) is 0 Å². The lowest BCUT2D eigenvalue weighted by Gasteiger charge is -2.64. The molecule has 38 nitrogen and oxygen atoms in total. The monoisotopic (exact) mass is 1470 g/mol. The van der Waals surface area contributed by atoms with Gasteiger partial charge in [-0.25, -0.2) is 0 Å². The van der Waals surface area contributed by atoms with Crippen LogP contribution < -0.4 is 5.73 Å². The first-order valence-corrected chi connectivity index (χ1v) is 34.4. The Morgan fingerprint density at radius 1 is 0.426 bits per heavy atom.